The van der Waals surface area contributed by atoms with E-state index in [1.165, 1.54) is 0 Å². The van der Waals surface area contributed by atoms with Crippen LogP contribution in [0.25, 0.3) is 0 Å². The first-order valence-electron chi connectivity index (χ1n) is 0.500. The van der Waals surface area contributed by atoms with Gasteiger partial charge in [0.15, 0.2) is 0 Å². The van der Waals surface area contributed by atoms with Crippen LogP contribution in [0.15, 0.2) is 0 Å². The third-order valence-electron chi connectivity index (χ3n) is 0. The van der Waals surface area contributed by atoms with Gasteiger partial charge in [-0.05, 0) is 0 Å². The zero-order valence-electron chi connectivity index (χ0n) is 1.97. The van der Waals surface area contributed by atoms with Gasteiger partial charge in [0, 0.05) is 0 Å². The third-order valence-corrected chi connectivity index (χ3v) is 0. The summed E-state index contributed by atoms with van der Waals surface area (Å²) in [5.74, 6) is 0. The second-order valence-electron chi connectivity index (χ2n) is 0.204. The van der Waals surface area contributed by atoms with E-state index in [0.717, 1.165) is 0 Å². The molecule has 0 amide bonds. The van der Waals surface area contributed by atoms with E-state index in [4.69, 9.17) is 12.2 Å². The van der Waals surface area contributed by atoms with Gasteiger partial charge in [0.05, 0.1) is 0 Å². The Balaban J connectivity index is 0. The molecule has 0 aromatic heterocycles. The molecular weight excluding hydrogens is 186 g/mol. The molecule has 33 valence electrons. The zero-order valence-corrected chi connectivity index (χ0v) is 4.72. The summed E-state index contributed by atoms with van der Waals surface area (Å²) >= 11 is -3.79. The van der Waals surface area contributed by atoms with E-state index in [9.17, 15) is 0 Å². The van der Waals surface area contributed by atoms with Gasteiger partial charge in [-0.1, -0.05) is 0 Å². The molecule has 0 rings (SSSR count). The summed E-state index contributed by atoms with van der Waals surface area (Å²) in [4.78, 5) is 0. The van der Waals surface area contributed by atoms with Gasteiger partial charge in [-0.25, -0.2) is 0 Å². The maximum atomic E-state index is 8.54. The second kappa shape index (κ2) is 4.75. The Morgan fingerprint density at radius 3 is 1.40 bits per heavy atom. The number of rotatable bonds is 0. The van der Waals surface area contributed by atoms with E-state index in [1.807, 2.05) is 0 Å². The molecule has 0 aromatic rings. The minimum Gasteiger partial charge on any atom is 2.00 e. The molecule has 0 saturated heterocycles. The van der Waals surface area contributed by atoms with Crippen molar-refractivity contribution in [2.45, 2.75) is 0 Å². The average Bonchev–Trinajstić information content (AvgIpc) is 0.811. The van der Waals surface area contributed by atoms with Crippen LogP contribution < -0.4 is 8.38 Å². The molecule has 0 aromatic carbocycles. The Morgan fingerprint density at radius 2 is 1.40 bits per heavy atom. The summed E-state index contributed by atoms with van der Waals surface area (Å²) in [7, 11) is 0. The van der Waals surface area contributed by atoms with Crippen molar-refractivity contribution in [3.05, 3.63) is 0 Å². The molecule has 0 saturated carbocycles. The van der Waals surface area contributed by atoms with Crippen molar-refractivity contribution >= 4 is 14.5 Å². The van der Waals surface area contributed by atoms with Crippen LogP contribution in [0.5, 0.6) is 0 Å². The van der Waals surface area contributed by atoms with Gasteiger partial charge < -0.3 is 0 Å². The van der Waals surface area contributed by atoms with Crippen LogP contribution in [0.3, 0.4) is 0 Å². The molecule has 5 heteroatoms. The molecule has 3 nitrogen and oxygen atoms in total. The first kappa shape index (κ1) is 9.22. The third kappa shape index (κ3) is 64.3. The van der Waals surface area contributed by atoms with Gasteiger partial charge in [0.1, 0.15) is 0 Å². The van der Waals surface area contributed by atoms with Crippen molar-refractivity contribution in [1.29, 1.82) is 0 Å². The Hall–Kier alpha value is 0.746. The van der Waals surface area contributed by atoms with E-state index in [1.54, 1.807) is 0 Å². The fraction of sp³-hybridized carbons (Fsp3) is 0. The van der Waals surface area contributed by atoms with E-state index in [2.05, 4.69) is 0 Å². The van der Waals surface area contributed by atoms with E-state index >= 15 is 0 Å². The van der Waals surface area contributed by atoms with Crippen molar-refractivity contribution < 1.29 is 29.0 Å². The summed E-state index contributed by atoms with van der Waals surface area (Å²) in [6.45, 7) is 0. The Kier molecular flexibility index (Phi) is 8.75. The van der Waals surface area contributed by atoms with Gasteiger partial charge in [-0.2, -0.15) is 0 Å². The molecule has 0 heterocycles. The summed E-state index contributed by atoms with van der Waals surface area (Å²) in [6, 6.07) is 0. The molecule has 0 aliphatic heterocycles. The van der Waals surface area contributed by atoms with Crippen molar-refractivity contribution in [1.82, 2.24) is 0 Å². The van der Waals surface area contributed by atoms with E-state index < -0.39 is 14.5 Å². The SMILES string of the molecule is O=[Se]([O-])[O-].[Co+2]. The van der Waals surface area contributed by atoms with Crippen LogP contribution in [0.1, 0.15) is 0 Å². The van der Waals surface area contributed by atoms with Gasteiger partial charge in [-0.3, -0.25) is 0 Å². The summed E-state index contributed by atoms with van der Waals surface area (Å²) < 4.78 is 25.6. The van der Waals surface area contributed by atoms with Gasteiger partial charge in [0.25, 0.3) is 0 Å². The first-order chi connectivity index (χ1) is 1.73. The smallest absolute Gasteiger partial charge is 2.00 e. The molecule has 0 N–H and O–H groups in total. The topological polar surface area (TPSA) is 63.2 Å². The monoisotopic (exact) mass is 187 g/mol. The quantitative estimate of drug-likeness (QED) is 0.381. The number of hydrogen-bond acceptors (Lipinski definition) is 3. The Bertz CT molecular complexity index is 29.9. The molecule has 0 unspecified atom stereocenters. The molecule has 0 fully saturated rings. The van der Waals surface area contributed by atoms with Crippen molar-refractivity contribution in [3.63, 3.8) is 0 Å². The van der Waals surface area contributed by atoms with Gasteiger partial charge in [0.2, 0.25) is 0 Å². The van der Waals surface area contributed by atoms with Gasteiger partial charge >= 0.3 is 43.5 Å². The fourth-order valence-corrected chi connectivity index (χ4v) is 0. The van der Waals surface area contributed by atoms with E-state index in [0.29, 0.717) is 0 Å². The van der Waals surface area contributed by atoms with Crippen LogP contribution in [-0.2, 0) is 20.6 Å². The van der Waals surface area contributed by atoms with Crippen LogP contribution >= 0.6 is 0 Å². The van der Waals surface area contributed by atoms with Crippen molar-refractivity contribution in [3.8, 4) is 0 Å². The molecule has 5 heavy (non-hydrogen) atoms. The normalized spacial score (nSPS) is 7.00. The van der Waals surface area contributed by atoms with Crippen LogP contribution in [-0.4, -0.2) is 14.5 Å². The van der Waals surface area contributed by atoms with Crippen molar-refractivity contribution in [2.24, 2.45) is 0 Å². The summed E-state index contributed by atoms with van der Waals surface area (Å²) in [5.41, 5.74) is 0. The maximum absolute atomic E-state index is 8.54. The Morgan fingerprint density at radius 1 is 1.40 bits per heavy atom. The molecule has 0 aliphatic rings. The molecule has 0 atom stereocenters. The first-order valence-corrected chi connectivity index (χ1v) is 2.60. The predicted octanol–water partition coefficient (Wildman–Crippen LogP) is -2.88. The summed E-state index contributed by atoms with van der Waals surface area (Å²) in [6.07, 6.45) is 0. The average molecular weight is 186 g/mol. The minimum absolute atomic E-state index is 0. The minimum atomic E-state index is -3.79. The largest absolute Gasteiger partial charge is 2.00 e. The summed E-state index contributed by atoms with van der Waals surface area (Å²) in [5, 5.41) is 0. The van der Waals surface area contributed by atoms with Crippen LogP contribution in [0.2, 0.25) is 0 Å². The van der Waals surface area contributed by atoms with Crippen molar-refractivity contribution in [2.75, 3.05) is 0 Å². The molecule has 0 spiro atoms. The van der Waals surface area contributed by atoms with Gasteiger partial charge in [-0.15, -0.1) is 0 Å². The molecular formula is CoO3Se. The zero-order chi connectivity index (χ0) is 3.58. The predicted molar refractivity (Wildman–Crippen MR) is 6.44 cm³/mol. The number of hydrogen-bond donors (Lipinski definition) is 0. The van der Waals surface area contributed by atoms with E-state index in [-0.39, 0.29) is 16.8 Å². The second-order valence-corrected chi connectivity index (χ2v) is 1.06. The maximum Gasteiger partial charge on any atom is 2.00 e. The van der Waals surface area contributed by atoms with Crippen LogP contribution in [0, 0.1) is 0 Å². The molecule has 0 bridgehead atoms. The molecule has 1 radical (unpaired) electrons. The molecule has 0 aliphatic carbocycles. The Labute approximate surface area is 43.9 Å². The van der Waals surface area contributed by atoms with Crippen LogP contribution in [0.4, 0.5) is 0 Å². The standard InChI is InChI=1S/Co.H2O3Se/c;1-4(2)3/h;(H2,1,2,3)/q+2;/p-2. The fourth-order valence-electron chi connectivity index (χ4n) is 0.